The van der Waals surface area contributed by atoms with Gasteiger partial charge in [0.25, 0.3) is 0 Å². The van der Waals surface area contributed by atoms with Gasteiger partial charge in [-0.1, -0.05) is 6.07 Å². The van der Waals surface area contributed by atoms with E-state index in [0.717, 1.165) is 16.3 Å². The molecule has 2 aromatic rings. The Morgan fingerprint density at radius 3 is 2.89 bits per heavy atom. The SMILES string of the molecule is Cc1c(N)cccc1S(=O)CCc1nccn1C. The Balaban J connectivity index is 2.09. The van der Waals surface area contributed by atoms with Gasteiger partial charge in [-0.05, 0) is 24.6 Å². The number of hydrogen-bond acceptors (Lipinski definition) is 3. The lowest BCUT2D eigenvalue weighted by atomic mass is 10.2. The Hall–Kier alpha value is -1.62. The van der Waals surface area contributed by atoms with Crippen LogP contribution in [0.1, 0.15) is 11.4 Å². The fourth-order valence-electron chi connectivity index (χ4n) is 1.81. The molecule has 0 spiro atoms. The molecule has 0 saturated carbocycles. The summed E-state index contributed by atoms with van der Waals surface area (Å²) in [5.74, 6) is 1.51. The number of nitrogen functional groups attached to an aromatic ring is 1. The summed E-state index contributed by atoms with van der Waals surface area (Å²) >= 11 is 0. The summed E-state index contributed by atoms with van der Waals surface area (Å²) in [5.41, 5.74) is 7.43. The van der Waals surface area contributed by atoms with Gasteiger partial charge in [0, 0.05) is 42.2 Å². The molecular weight excluding hydrogens is 246 g/mol. The molecule has 96 valence electrons. The zero-order valence-electron chi connectivity index (χ0n) is 10.6. The van der Waals surface area contributed by atoms with Gasteiger partial charge in [-0.25, -0.2) is 4.98 Å². The average Bonchev–Trinajstić information content (AvgIpc) is 2.75. The average molecular weight is 263 g/mol. The van der Waals surface area contributed by atoms with Gasteiger partial charge in [0.05, 0.1) is 10.8 Å². The van der Waals surface area contributed by atoms with Crippen molar-refractivity contribution in [1.82, 2.24) is 9.55 Å². The second-order valence-electron chi connectivity index (χ2n) is 4.22. The Kier molecular flexibility index (Phi) is 3.81. The van der Waals surface area contributed by atoms with Crippen LogP contribution < -0.4 is 5.73 Å². The molecule has 1 aromatic carbocycles. The molecule has 0 saturated heterocycles. The minimum atomic E-state index is -1.03. The van der Waals surface area contributed by atoms with Crippen LogP contribution in [0.25, 0.3) is 0 Å². The van der Waals surface area contributed by atoms with Crippen molar-refractivity contribution >= 4 is 16.5 Å². The number of aromatic nitrogens is 2. The summed E-state index contributed by atoms with van der Waals surface area (Å²) in [4.78, 5) is 5.05. The molecule has 0 aliphatic heterocycles. The molecule has 2 N–H and O–H groups in total. The van der Waals surface area contributed by atoms with Crippen LogP contribution in [0.5, 0.6) is 0 Å². The third-order valence-electron chi connectivity index (χ3n) is 3.00. The normalized spacial score (nSPS) is 12.6. The number of aryl methyl sites for hydroxylation is 2. The fraction of sp³-hybridized carbons (Fsp3) is 0.308. The van der Waals surface area contributed by atoms with Crippen molar-refractivity contribution in [2.45, 2.75) is 18.2 Å². The van der Waals surface area contributed by atoms with Crippen LogP contribution in [0.3, 0.4) is 0 Å². The van der Waals surface area contributed by atoms with Crippen molar-refractivity contribution < 1.29 is 4.21 Å². The highest BCUT2D eigenvalue weighted by molar-refractivity contribution is 7.85. The van der Waals surface area contributed by atoms with Crippen molar-refractivity contribution in [3.63, 3.8) is 0 Å². The van der Waals surface area contributed by atoms with E-state index in [1.165, 1.54) is 0 Å². The highest BCUT2D eigenvalue weighted by atomic mass is 32.2. The third-order valence-corrected chi connectivity index (χ3v) is 4.51. The van der Waals surface area contributed by atoms with Crippen molar-refractivity contribution in [3.05, 3.63) is 42.0 Å². The number of imidazole rings is 1. The van der Waals surface area contributed by atoms with Crippen molar-refractivity contribution in [1.29, 1.82) is 0 Å². The van der Waals surface area contributed by atoms with Crippen molar-refractivity contribution in [2.24, 2.45) is 7.05 Å². The lowest BCUT2D eigenvalue weighted by Gasteiger charge is -2.08. The first-order chi connectivity index (χ1) is 8.59. The first-order valence-electron chi connectivity index (χ1n) is 5.79. The van der Waals surface area contributed by atoms with E-state index in [4.69, 9.17) is 5.73 Å². The lowest BCUT2D eigenvalue weighted by Crippen LogP contribution is -2.07. The zero-order valence-corrected chi connectivity index (χ0v) is 11.4. The van der Waals surface area contributed by atoms with E-state index < -0.39 is 10.8 Å². The molecule has 0 aliphatic rings. The minimum Gasteiger partial charge on any atom is -0.398 e. The van der Waals surface area contributed by atoms with Crippen LogP contribution in [0, 0.1) is 6.92 Å². The quantitative estimate of drug-likeness (QED) is 0.853. The summed E-state index contributed by atoms with van der Waals surface area (Å²) in [7, 11) is 0.910. The van der Waals surface area contributed by atoms with E-state index in [2.05, 4.69) is 4.98 Å². The maximum Gasteiger partial charge on any atom is 0.109 e. The van der Waals surface area contributed by atoms with Crippen molar-refractivity contribution in [2.75, 3.05) is 11.5 Å². The lowest BCUT2D eigenvalue weighted by molar-refractivity contribution is 0.680. The van der Waals surface area contributed by atoms with Crippen LogP contribution in [-0.2, 0) is 24.3 Å². The summed E-state index contributed by atoms with van der Waals surface area (Å²) in [6, 6.07) is 5.55. The third kappa shape index (κ3) is 2.61. The molecule has 1 unspecified atom stereocenters. The fourth-order valence-corrected chi connectivity index (χ4v) is 3.09. The Morgan fingerprint density at radius 2 is 2.22 bits per heavy atom. The molecule has 0 bridgehead atoms. The maximum absolute atomic E-state index is 12.2. The molecule has 0 fully saturated rings. The Morgan fingerprint density at radius 1 is 1.44 bits per heavy atom. The van der Waals surface area contributed by atoms with E-state index in [9.17, 15) is 4.21 Å². The molecule has 18 heavy (non-hydrogen) atoms. The van der Waals surface area contributed by atoms with Gasteiger partial charge in [-0.3, -0.25) is 4.21 Å². The van der Waals surface area contributed by atoms with Gasteiger partial charge in [0.15, 0.2) is 0 Å². The van der Waals surface area contributed by atoms with Crippen LogP contribution in [0.15, 0.2) is 35.5 Å². The van der Waals surface area contributed by atoms with Gasteiger partial charge < -0.3 is 10.3 Å². The summed E-state index contributed by atoms with van der Waals surface area (Å²) in [6.45, 7) is 1.91. The van der Waals surface area contributed by atoms with Crippen LogP contribution >= 0.6 is 0 Å². The second kappa shape index (κ2) is 5.35. The van der Waals surface area contributed by atoms with Crippen LogP contribution in [0.4, 0.5) is 5.69 Å². The standard InChI is InChI=1S/C13H17N3OS/c1-10-11(14)4-3-5-12(10)18(17)9-6-13-15-7-8-16(13)2/h3-5,7-8H,6,9,14H2,1-2H3. The minimum absolute atomic E-state index is 0.565. The zero-order chi connectivity index (χ0) is 13.1. The van der Waals surface area contributed by atoms with E-state index in [1.807, 2.05) is 42.9 Å². The Bertz CT molecular complexity index is 577. The van der Waals surface area contributed by atoms with Crippen LogP contribution in [-0.4, -0.2) is 19.5 Å². The van der Waals surface area contributed by atoms with E-state index in [0.29, 0.717) is 17.9 Å². The second-order valence-corrected chi connectivity index (χ2v) is 5.76. The molecule has 0 aliphatic carbocycles. The molecular formula is C13H17N3OS. The van der Waals surface area contributed by atoms with Crippen LogP contribution in [0.2, 0.25) is 0 Å². The number of hydrogen-bond donors (Lipinski definition) is 1. The first kappa shape index (κ1) is 12.8. The van der Waals surface area contributed by atoms with Gasteiger partial charge >= 0.3 is 0 Å². The highest BCUT2D eigenvalue weighted by Gasteiger charge is 2.10. The molecule has 1 atom stereocenters. The molecule has 1 aromatic heterocycles. The van der Waals surface area contributed by atoms with E-state index >= 15 is 0 Å². The number of nitrogens with zero attached hydrogens (tertiary/aromatic N) is 2. The summed E-state index contributed by atoms with van der Waals surface area (Å²) in [6.07, 6.45) is 4.35. The topological polar surface area (TPSA) is 60.9 Å². The Labute approximate surface area is 109 Å². The molecule has 4 nitrogen and oxygen atoms in total. The molecule has 2 rings (SSSR count). The van der Waals surface area contributed by atoms with E-state index in [-0.39, 0.29) is 0 Å². The van der Waals surface area contributed by atoms with Gasteiger partial charge in [0.2, 0.25) is 0 Å². The summed E-state index contributed by atoms with van der Waals surface area (Å²) < 4.78 is 14.2. The van der Waals surface area contributed by atoms with Gasteiger partial charge in [0.1, 0.15) is 5.82 Å². The van der Waals surface area contributed by atoms with E-state index in [1.54, 1.807) is 6.20 Å². The molecule has 5 heteroatoms. The van der Waals surface area contributed by atoms with Crippen molar-refractivity contribution in [3.8, 4) is 0 Å². The smallest absolute Gasteiger partial charge is 0.109 e. The first-order valence-corrected chi connectivity index (χ1v) is 7.11. The highest BCUT2D eigenvalue weighted by Crippen LogP contribution is 2.19. The molecule has 1 heterocycles. The number of nitrogens with two attached hydrogens (primary N) is 1. The maximum atomic E-state index is 12.2. The molecule has 0 amide bonds. The number of benzene rings is 1. The monoisotopic (exact) mass is 263 g/mol. The van der Waals surface area contributed by atoms with Gasteiger partial charge in [-0.15, -0.1) is 0 Å². The summed E-state index contributed by atoms with van der Waals surface area (Å²) in [5, 5.41) is 0. The number of anilines is 1. The largest absolute Gasteiger partial charge is 0.398 e. The molecule has 0 radical (unpaired) electrons. The predicted molar refractivity (Wildman–Crippen MR) is 73.8 cm³/mol. The predicted octanol–water partition coefficient (Wildman–Crippen LogP) is 1.66. The number of rotatable bonds is 4. The van der Waals surface area contributed by atoms with Gasteiger partial charge in [-0.2, -0.15) is 0 Å².